The Hall–Kier alpha value is -1.35. The van der Waals surface area contributed by atoms with Gasteiger partial charge in [0.25, 0.3) is 0 Å². The Labute approximate surface area is 95.7 Å². The van der Waals surface area contributed by atoms with Crippen molar-refractivity contribution in [1.29, 1.82) is 0 Å². The summed E-state index contributed by atoms with van der Waals surface area (Å²) in [6.45, 7) is 4.81. The van der Waals surface area contributed by atoms with E-state index in [9.17, 15) is 0 Å². The van der Waals surface area contributed by atoms with Gasteiger partial charge in [-0.3, -0.25) is 0 Å². The first-order chi connectivity index (χ1) is 7.69. The third kappa shape index (κ3) is 2.42. The van der Waals surface area contributed by atoms with Gasteiger partial charge >= 0.3 is 0 Å². The van der Waals surface area contributed by atoms with Gasteiger partial charge in [-0.15, -0.1) is 0 Å². The van der Waals surface area contributed by atoms with Crippen LogP contribution in [0.2, 0.25) is 0 Å². The van der Waals surface area contributed by atoms with Crippen LogP contribution in [0.15, 0.2) is 22.6 Å². The molecule has 0 aliphatic carbocycles. The molecule has 3 nitrogen and oxygen atoms in total. The molecule has 3 heteroatoms. The number of hydrogen-bond donors (Lipinski definition) is 1. The van der Waals surface area contributed by atoms with Gasteiger partial charge < -0.3 is 10.2 Å². The van der Waals surface area contributed by atoms with Crippen molar-refractivity contribution in [1.82, 2.24) is 4.98 Å². The van der Waals surface area contributed by atoms with Crippen molar-refractivity contribution < 1.29 is 4.42 Å². The zero-order valence-corrected chi connectivity index (χ0v) is 9.86. The fourth-order valence-corrected chi connectivity index (χ4v) is 1.77. The minimum Gasteiger partial charge on any atom is -0.441 e. The van der Waals surface area contributed by atoms with E-state index in [1.165, 1.54) is 5.56 Å². The highest BCUT2D eigenvalue weighted by atomic mass is 16.3. The van der Waals surface area contributed by atoms with Crippen LogP contribution >= 0.6 is 0 Å². The number of fused-ring (bicyclic) bond motifs is 1. The summed E-state index contributed by atoms with van der Waals surface area (Å²) in [5.74, 6) is 1.30. The summed E-state index contributed by atoms with van der Waals surface area (Å²) >= 11 is 0. The SMILES string of the molecule is Cc1nc2cc(CCC(C)CN)ccc2o1. The van der Waals surface area contributed by atoms with Gasteiger partial charge in [-0.25, -0.2) is 4.98 Å². The second-order valence-electron chi connectivity index (χ2n) is 4.41. The molecule has 1 aromatic carbocycles. The van der Waals surface area contributed by atoms with Gasteiger partial charge in [0.15, 0.2) is 11.5 Å². The van der Waals surface area contributed by atoms with Crippen LogP contribution in [-0.4, -0.2) is 11.5 Å². The van der Waals surface area contributed by atoms with Crippen molar-refractivity contribution in [3.05, 3.63) is 29.7 Å². The van der Waals surface area contributed by atoms with Crippen LogP contribution in [0, 0.1) is 12.8 Å². The molecule has 0 aliphatic heterocycles. The van der Waals surface area contributed by atoms with E-state index in [-0.39, 0.29) is 0 Å². The van der Waals surface area contributed by atoms with Crippen LogP contribution in [-0.2, 0) is 6.42 Å². The van der Waals surface area contributed by atoms with Crippen LogP contribution in [0.3, 0.4) is 0 Å². The average Bonchev–Trinajstić information content (AvgIpc) is 2.65. The van der Waals surface area contributed by atoms with E-state index in [0.717, 1.165) is 36.4 Å². The molecule has 2 N–H and O–H groups in total. The van der Waals surface area contributed by atoms with Crippen molar-refractivity contribution in [2.24, 2.45) is 11.7 Å². The summed E-state index contributed by atoms with van der Waals surface area (Å²) in [5, 5.41) is 0. The molecule has 1 atom stereocenters. The molecular weight excluding hydrogens is 200 g/mol. The number of hydrogen-bond acceptors (Lipinski definition) is 3. The highest BCUT2D eigenvalue weighted by molar-refractivity contribution is 5.73. The topological polar surface area (TPSA) is 52.0 Å². The molecule has 2 aromatic rings. The fourth-order valence-electron chi connectivity index (χ4n) is 1.77. The second-order valence-corrected chi connectivity index (χ2v) is 4.41. The standard InChI is InChI=1S/C13H18N2O/c1-9(8-14)3-4-11-5-6-13-12(7-11)15-10(2)16-13/h5-7,9H,3-4,8,14H2,1-2H3. The van der Waals surface area contributed by atoms with Gasteiger partial charge in [0, 0.05) is 6.92 Å². The van der Waals surface area contributed by atoms with Crippen molar-refractivity contribution >= 4 is 11.1 Å². The lowest BCUT2D eigenvalue weighted by Crippen LogP contribution is -2.11. The molecule has 0 bridgehead atoms. The van der Waals surface area contributed by atoms with Gasteiger partial charge in [-0.1, -0.05) is 13.0 Å². The lowest BCUT2D eigenvalue weighted by molar-refractivity contribution is 0.544. The van der Waals surface area contributed by atoms with Gasteiger partial charge in [0.1, 0.15) is 5.52 Å². The highest BCUT2D eigenvalue weighted by Gasteiger charge is 2.04. The molecule has 0 saturated carbocycles. The van der Waals surface area contributed by atoms with E-state index >= 15 is 0 Å². The van der Waals surface area contributed by atoms with Gasteiger partial charge in [0.2, 0.25) is 0 Å². The van der Waals surface area contributed by atoms with Crippen LogP contribution in [0.1, 0.15) is 24.8 Å². The van der Waals surface area contributed by atoms with Crippen LogP contribution in [0.4, 0.5) is 0 Å². The lowest BCUT2D eigenvalue weighted by Gasteiger charge is -2.07. The summed E-state index contributed by atoms with van der Waals surface area (Å²) in [7, 11) is 0. The minimum atomic E-state index is 0.578. The Kier molecular flexibility index (Phi) is 3.25. The Morgan fingerprint density at radius 3 is 3.00 bits per heavy atom. The fraction of sp³-hybridized carbons (Fsp3) is 0.462. The molecule has 1 unspecified atom stereocenters. The number of benzene rings is 1. The molecule has 86 valence electrons. The number of oxazole rings is 1. The normalized spacial score (nSPS) is 13.2. The molecule has 0 spiro atoms. The zero-order valence-electron chi connectivity index (χ0n) is 9.86. The first kappa shape index (κ1) is 11.1. The number of rotatable bonds is 4. The van der Waals surface area contributed by atoms with Gasteiger partial charge in [-0.2, -0.15) is 0 Å². The highest BCUT2D eigenvalue weighted by Crippen LogP contribution is 2.18. The van der Waals surface area contributed by atoms with Gasteiger partial charge in [0.05, 0.1) is 0 Å². The molecule has 0 radical (unpaired) electrons. The Balaban J connectivity index is 2.13. The lowest BCUT2D eigenvalue weighted by atomic mass is 10.0. The summed E-state index contributed by atoms with van der Waals surface area (Å²) in [5.41, 5.74) is 8.73. The van der Waals surface area contributed by atoms with E-state index in [1.807, 2.05) is 13.0 Å². The van der Waals surface area contributed by atoms with E-state index in [1.54, 1.807) is 0 Å². The van der Waals surface area contributed by atoms with E-state index in [2.05, 4.69) is 24.0 Å². The van der Waals surface area contributed by atoms with Crippen molar-refractivity contribution in [2.45, 2.75) is 26.7 Å². The first-order valence-electron chi connectivity index (χ1n) is 5.75. The number of aryl methyl sites for hydroxylation is 2. The summed E-state index contributed by atoms with van der Waals surface area (Å²) in [4.78, 5) is 4.33. The first-order valence-corrected chi connectivity index (χ1v) is 5.75. The number of nitrogens with zero attached hydrogens (tertiary/aromatic N) is 1. The molecule has 16 heavy (non-hydrogen) atoms. The number of aromatic nitrogens is 1. The third-order valence-corrected chi connectivity index (χ3v) is 2.89. The summed E-state index contributed by atoms with van der Waals surface area (Å²) < 4.78 is 5.44. The molecule has 2 rings (SSSR count). The molecule has 0 fully saturated rings. The van der Waals surface area contributed by atoms with Gasteiger partial charge in [-0.05, 0) is 43.0 Å². The molecule has 0 saturated heterocycles. The van der Waals surface area contributed by atoms with Crippen molar-refractivity contribution in [3.63, 3.8) is 0 Å². The van der Waals surface area contributed by atoms with Crippen LogP contribution in [0.25, 0.3) is 11.1 Å². The third-order valence-electron chi connectivity index (χ3n) is 2.89. The average molecular weight is 218 g/mol. The minimum absolute atomic E-state index is 0.578. The smallest absolute Gasteiger partial charge is 0.192 e. The van der Waals surface area contributed by atoms with Crippen molar-refractivity contribution in [2.75, 3.05) is 6.54 Å². The zero-order chi connectivity index (χ0) is 11.5. The molecule has 1 heterocycles. The van der Waals surface area contributed by atoms with E-state index < -0.39 is 0 Å². The maximum Gasteiger partial charge on any atom is 0.192 e. The Bertz CT molecular complexity index is 476. The molecule has 0 aliphatic rings. The van der Waals surface area contributed by atoms with Crippen LogP contribution in [0.5, 0.6) is 0 Å². The number of nitrogens with two attached hydrogens (primary N) is 1. The molecule has 1 aromatic heterocycles. The largest absolute Gasteiger partial charge is 0.441 e. The monoisotopic (exact) mass is 218 g/mol. The maximum absolute atomic E-state index is 5.60. The van der Waals surface area contributed by atoms with E-state index in [4.69, 9.17) is 10.2 Å². The Morgan fingerprint density at radius 1 is 1.44 bits per heavy atom. The molecular formula is C13H18N2O. The Morgan fingerprint density at radius 2 is 2.25 bits per heavy atom. The quantitative estimate of drug-likeness (QED) is 0.858. The van der Waals surface area contributed by atoms with E-state index in [0.29, 0.717) is 5.92 Å². The predicted molar refractivity (Wildman–Crippen MR) is 65.3 cm³/mol. The second kappa shape index (κ2) is 4.66. The summed E-state index contributed by atoms with van der Waals surface area (Å²) in [6.07, 6.45) is 2.18. The van der Waals surface area contributed by atoms with Crippen LogP contribution < -0.4 is 5.73 Å². The maximum atomic E-state index is 5.60. The van der Waals surface area contributed by atoms with Crippen molar-refractivity contribution in [3.8, 4) is 0 Å². The summed E-state index contributed by atoms with van der Waals surface area (Å²) in [6, 6.07) is 6.21. The molecule has 0 amide bonds. The predicted octanol–water partition coefficient (Wildman–Crippen LogP) is 2.66.